The Morgan fingerprint density at radius 1 is 1.17 bits per heavy atom. The second kappa shape index (κ2) is 7.11. The lowest BCUT2D eigenvalue weighted by Crippen LogP contribution is -2.49. The SMILES string of the molecule is O=C(CN1CCN(Cc2ccc3c(c2)CCO3)CC1)NCC1CC1. The van der Waals surface area contributed by atoms with Gasteiger partial charge in [-0.15, -0.1) is 0 Å². The summed E-state index contributed by atoms with van der Waals surface area (Å²) in [5.41, 5.74) is 2.72. The predicted octanol–water partition coefficient (Wildman–Crippen LogP) is 1.27. The molecule has 0 radical (unpaired) electrons. The van der Waals surface area contributed by atoms with E-state index < -0.39 is 0 Å². The van der Waals surface area contributed by atoms with Crippen molar-refractivity contribution in [3.63, 3.8) is 0 Å². The third-order valence-corrected chi connectivity index (χ3v) is 5.28. The van der Waals surface area contributed by atoms with E-state index in [1.54, 1.807) is 0 Å². The monoisotopic (exact) mass is 329 g/mol. The maximum atomic E-state index is 11.9. The summed E-state index contributed by atoms with van der Waals surface area (Å²) in [5.74, 6) is 2.00. The van der Waals surface area contributed by atoms with Crippen molar-refractivity contribution < 1.29 is 9.53 Å². The number of nitrogens with zero attached hydrogens (tertiary/aromatic N) is 2. The number of fused-ring (bicyclic) bond motifs is 1. The van der Waals surface area contributed by atoms with Crippen molar-refractivity contribution in [1.82, 2.24) is 15.1 Å². The molecule has 3 aliphatic rings. The van der Waals surface area contributed by atoms with Crippen molar-refractivity contribution in [2.75, 3.05) is 45.9 Å². The van der Waals surface area contributed by atoms with E-state index in [4.69, 9.17) is 4.74 Å². The Bertz CT molecular complexity index is 592. The summed E-state index contributed by atoms with van der Waals surface area (Å²) >= 11 is 0. The van der Waals surface area contributed by atoms with Crippen molar-refractivity contribution in [1.29, 1.82) is 0 Å². The molecule has 24 heavy (non-hydrogen) atoms. The van der Waals surface area contributed by atoms with E-state index in [1.807, 2.05) is 0 Å². The van der Waals surface area contributed by atoms with Crippen molar-refractivity contribution >= 4 is 5.91 Å². The van der Waals surface area contributed by atoms with E-state index >= 15 is 0 Å². The number of ether oxygens (including phenoxy) is 1. The molecule has 1 saturated heterocycles. The van der Waals surface area contributed by atoms with Crippen molar-refractivity contribution in [3.05, 3.63) is 29.3 Å². The van der Waals surface area contributed by atoms with Crippen LogP contribution in [0.4, 0.5) is 0 Å². The quantitative estimate of drug-likeness (QED) is 0.854. The summed E-state index contributed by atoms with van der Waals surface area (Å²) in [6.07, 6.45) is 3.61. The van der Waals surface area contributed by atoms with Gasteiger partial charge in [0, 0.05) is 45.7 Å². The van der Waals surface area contributed by atoms with Gasteiger partial charge in [-0.3, -0.25) is 14.6 Å². The summed E-state index contributed by atoms with van der Waals surface area (Å²) in [5, 5.41) is 3.06. The maximum Gasteiger partial charge on any atom is 0.234 e. The van der Waals surface area contributed by atoms with Gasteiger partial charge >= 0.3 is 0 Å². The first-order valence-corrected chi connectivity index (χ1v) is 9.22. The lowest BCUT2D eigenvalue weighted by Gasteiger charge is -2.34. The molecule has 1 saturated carbocycles. The van der Waals surface area contributed by atoms with Gasteiger partial charge in [0.25, 0.3) is 0 Å². The highest BCUT2D eigenvalue weighted by atomic mass is 16.5. The van der Waals surface area contributed by atoms with Crippen LogP contribution in [-0.4, -0.2) is 61.6 Å². The molecule has 2 aliphatic heterocycles. The number of carbonyl (C=O) groups excluding carboxylic acids is 1. The minimum absolute atomic E-state index is 0.189. The van der Waals surface area contributed by atoms with Crippen LogP contribution >= 0.6 is 0 Å². The Morgan fingerprint density at radius 3 is 2.75 bits per heavy atom. The molecule has 5 nitrogen and oxygen atoms in total. The minimum Gasteiger partial charge on any atom is -0.493 e. The predicted molar refractivity (Wildman–Crippen MR) is 93.1 cm³/mol. The Morgan fingerprint density at radius 2 is 1.96 bits per heavy atom. The van der Waals surface area contributed by atoms with Gasteiger partial charge in [0.2, 0.25) is 5.91 Å². The van der Waals surface area contributed by atoms with Gasteiger partial charge in [0.05, 0.1) is 13.2 Å². The number of amides is 1. The Kier molecular flexibility index (Phi) is 4.72. The molecule has 1 N–H and O–H groups in total. The largest absolute Gasteiger partial charge is 0.493 e. The first-order chi connectivity index (χ1) is 11.8. The number of nitrogens with one attached hydrogen (secondary N) is 1. The topological polar surface area (TPSA) is 44.8 Å². The average molecular weight is 329 g/mol. The molecule has 0 atom stereocenters. The fraction of sp³-hybridized carbons (Fsp3) is 0.632. The lowest BCUT2D eigenvalue weighted by molar-refractivity contribution is -0.122. The molecule has 2 fully saturated rings. The van der Waals surface area contributed by atoms with Gasteiger partial charge < -0.3 is 10.1 Å². The van der Waals surface area contributed by atoms with Crippen molar-refractivity contribution in [3.8, 4) is 5.75 Å². The van der Waals surface area contributed by atoms with Crippen LogP contribution in [0.25, 0.3) is 0 Å². The van der Waals surface area contributed by atoms with Crippen LogP contribution in [-0.2, 0) is 17.8 Å². The van der Waals surface area contributed by atoms with E-state index in [0.29, 0.717) is 6.54 Å². The molecule has 1 aliphatic carbocycles. The highest BCUT2D eigenvalue weighted by Gasteiger charge is 2.23. The molecule has 1 aromatic carbocycles. The van der Waals surface area contributed by atoms with E-state index in [1.165, 1.54) is 24.0 Å². The zero-order valence-electron chi connectivity index (χ0n) is 14.3. The summed E-state index contributed by atoms with van der Waals surface area (Å²) in [6, 6.07) is 6.58. The van der Waals surface area contributed by atoms with Gasteiger partial charge in [0.1, 0.15) is 5.75 Å². The molecule has 130 valence electrons. The Labute approximate surface area is 144 Å². The Hall–Kier alpha value is -1.59. The zero-order chi connectivity index (χ0) is 16.4. The average Bonchev–Trinajstić information content (AvgIpc) is 3.31. The Balaban J connectivity index is 1.20. The molecule has 2 heterocycles. The van der Waals surface area contributed by atoms with E-state index in [9.17, 15) is 4.79 Å². The van der Waals surface area contributed by atoms with Crippen LogP contribution in [0.5, 0.6) is 5.75 Å². The van der Waals surface area contributed by atoms with E-state index in [0.717, 1.165) is 64.0 Å². The van der Waals surface area contributed by atoms with Crippen molar-refractivity contribution in [2.45, 2.75) is 25.8 Å². The number of piperazine rings is 1. The fourth-order valence-electron chi connectivity index (χ4n) is 3.54. The van der Waals surface area contributed by atoms with Gasteiger partial charge in [-0.05, 0) is 36.0 Å². The van der Waals surface area contributed by atoms with Crippen LogP contribution in [0.15, 0.2) is 18.2 Å². The summed E-state index contributed by atoms with van der Waals surface area (Å²) < 4.78 is 5.57. The third-order valence-electron chi connectivity index (χ3n) is 5.28. The van der Waals surface area contributed by atoms with Crippen LogP contribution in [0.3, 0.4) is 0 Å². The molecular formula is C19H27N3O2. The summed E-state index contributed by atoms with van der Waals surface area (Å²) in [6.45, 7) is 7.26. The number of hydrogen-bond donors (Lipinski definition) is 1. The molecule has 1 amide bonds. The van der Waals surface area contributed by atoms with Gasteiger partial charge in [-0.2, -0.15) is 0 Å². The first-order valence-electron chi connectivity index (χ1n) is 9.22. The fourth-order valence-corrected chi connectivity index (χ4v) is 3.54. The standard InChI is InChI=1S/C19H27N3O2/c23-19(20-12-15-1-2-15)14-22-8-6-21(7-9-22)13-16-3-4-18-17(11-16)5-10-24-18/h3-4,11,15H,1-2,5-10,12-14H2,(H,20,23). The molecule has 0 unspecified atom stereocenters. The lowest BCUT2D eigenvalue weighted by atomic mass is 10.1. The van der Waals surface area contributed by atoms with Crippen LogP contribution in [0.1, 0.15) is 24.0 Å². The van der Waals surface area contributed by atoms with Gasteiger partial charge in [-0.1, -0.05) is 12.1 Å². The summed E-state index contributed by atoms with van der Waals surface area (Å²) in [7, 11) is 0. The smallest absolute Gasteiger partial charge is 0.234 e. The molecule has 0 aromatic heterocycles. The van der Waals surface area contributed by atoms with Crippen molar-refractivity contribution in [2.24, 2.45) is 5.92 Å². The molecule has 0 spiro atoms. The van der Waals surface area contributed by atoms with Gasteiger partial charge in [0.15, 0.2) is 0 Å². The highest BCUT2D eigenvalue weighted by molar-refractivity contribution is 5.78. The highest BCUT2D eigenvalue weighted by Crippen LogP contribution is 2.27. The molecular weight excluding hydrogens is 302 g/mol. The second-order valence-corrected chi connectivity index (χ2v) is 7.34. The minimum atomic E-state index is 0.189. The van der Waals surface area contributed by atoms with E-state index in [-0.39, 0.29) is 5.91 Å². The number of rotatable bonds is 6. The molecule has 1 aromatic rings. The van der Waals surface area contributed by atoms with E-state index in [2.05, 4.69) is 33.3 Å². The molecule has 0 bridgehead atoms. The molecule has 5 heteroatoms. The number of carbonyl (C=O) groups is 1. The second-order valence-electron chi connectivity index (χ2n) is 7.34. The number of hydrogen-bond acceptors (Lipinski definition) is 4. The maximum absolute atomic E-state index is 11.9. The molecule has 4 rings (SSSR count). The third kappa shape index (κ3) is 4.08. The van der Waals surface area contributed by atoms with Crippen LogP contribution in [0.2, 0.25) is 0 Å². The van der Waals surface area contributed by atoms with Gasteiger partial charge in [-0.25, -0.2) is 0 Å². The normalized spacial score (nSPS) is 21.3. The number of benzene rings is 1. The zero-order valence-corrected chi connectivity index (χ0v) is 14.3. The van der Waals surface area contributed by atoms with Crippen LogP contribution in [0, 0.1) is 5.92 Å². The van der Waals surface area contributed by atoms with Crippen LogP contribution < -0.4 is 10.1 Å². The summed E-state index contributed by atoms with van der Waals surface area (Å²) in [4.78, 5) is 16.7. The first kappa shape index (κ1) is 15.9.